The maximum atomic E-state index is 11.0. The molecule has 0 radical (unpaired) electrons. The zero-order valence-corrected chi connectivity index (χ0v) is 11.6. The highest BCUT2D eigenvalue weighted by atomic mass is 32.1. The van der Waals surface area contributed by atoms with Gasteiger partial charge in [0.05, 0.1) is 7.11 Å². The second kappa shape index (κ2) is 4.98. The van der Waals surface area contributed by atoms with Crippen LogP contribution in [0.3, 0.4) is 0 Å². The number of hydrogen-bond acceptors (Lipinski definition) is 3. The summed E-state index contributed by atoms with van der Waals surface area (Å²) in [5, 5.41) is 9.99. The molecule has 0 saturated carbocycles. The summed E-state index contributed by atoms with van der Waals surface area (Å²) in [6.45, 7) is 0. The van der Waals surface area contributed by atoms with Crippen molar-refractivity contribution in [2.45, 2.75) is 0 Å². The van der Waals surface area contributed by atoms with Crippen molar-refractivity contribution in [1.82, 2.24) is 0 Å². The van der Waals surface area contributed by atoms with E-state index in [-0.39, 0.29) is 0 Å². The molecule has 0 aliphatic heterocycles. The van der Waals surface area contributed by atoms with E-state index in [4.69, 9.17) is 9.84 Å². The van der Waals surface area contributed by atoms with E-state index < -0.39 is 5.97 Å². The Morgan fingerprint density at radius 3 is 2.40 bits per heavy atom. The third kappa shape index (κ3) is 2.26. The predicted octanol–water partition coefficient (Wildman–Crippen LogP) is 4.28. The standard InChI is InChI=1S/C16H12O3S/c1-19-13-5-2-10(3-6-13)11-4-7-14-12(8-11)9-15(20-14)16(17)18/h2-9H,1H3,(H,17,18). The van der Waals surface area contributed by atoms with Gasteiger partial charge in [-0.05, 0) is 46.8 Å². The number of thiophene rings is 1. The number of aromatic carboxylic acids is 1. The maximum Gasteiger partial charge on any atom is 0.345 e. The van der Waals surface area contributed by atoms with Crippen molar-refractivity contribution in [3.63, 3.8) is 0 Å². The molecule has 0 spiro atoms. The number of carboxylic acids is 1. The molecule has 3 aromatic rings. The molecule has 0 saturated heterocycles. The number of hydrogen-bond donors (Lipinski definition) is 1. The Labute approximate surface area is 120 Å². The Morgan fingerprint density at radius 1 is 1.05 bits per heavy atom. The summed E-state index contributed by atoms with van der Waals surface area (Å²) in [4.78, 5) is 11.4. The highest BCUT2D eigenvalue weighted by molar-refractivity contribution is 7.20. The summed E-state index contributed by atoms with van der Waals surface area (Å²) in [6.07, 6.45) is 0. The molecular formula is C16H12O3S. The quantitative estimate of drug-likeness (QED) is 0.781. The van der Waals surface area contributed by atoms with Crippen molar-refractivity contribution >= 4 is 27.4 Å². The van der Waals surface area contributed by atoms with Gasteiger partial charge in [-0.25, -0.2) is 4.79 Å². The van der Waals surface area contributed by atoms with Crippen molar-refractivity contribution in [3.05, 3.63) is 53.4 Å². The largest absolute Gasteiger partial charge is 0.497 e. The summed E-state index contributed by atoms with van der Waals surface area (Å²) in [5.41, 5.74) is 2.14. The highest BCUT2D eigenvalue weighted by Gasteiger charge is 2.09. The van der Waals surface area contributed by atoms with E-state index in [9.17, 15) is 4.79 Å². The van der Waals surface area contributed by atoms with Crippen LogP contribution in [0.5, 0.6) is 5.75 Å². The van der Waals surface area contributed by atoms with Gasteiger partial charge >= 0.3 is 5.97 Å². The van der Waals surface area contributed by atoms with Gasteiger partial charge in [-0.2, -0.15) is 0 Å². The fourth-order valence-electron chi connectivity index (χ4n) is 2.11. The van der Waals surface area contributed by atoms with Crippen LogP contribution in [-0.2, 0) is 0 Å². The molecule has 0 atom stereocenters. The third-order valence-corrected chi connectivity index (χ3v) is 4.25. The Bertz CT molecular complexity index is 772. The van der Waals surface area contributed by atoms with Gasteiger partial charge in [0.2, 0.25) is 0 Å². The van der Waals surface area contributed by atoms with E-state index in [1.54, 1.807) is 13.2 Å². The average molecular weight is 284 g/mol. The molecule has 1 heterocycles. The molecule has 2 aromatic carbocycles. The summed E-state index contributed by atoms with van der Waals surface area (Å²) in [5.74, 6) is -0.0595. The van der Waals surface area contributed by atoms with Crippen LogP contribution in [0.2, 0.25) is 0 Å². The van der Waals surface area contributed by atoms with Crippen LogP contribution in [0.4, 0.5) is 0 Å². The fourth-order valence-corrected chi connectivity index (χ4v) is 2.99. The van der Waals surface area contributed by atoms with Crippen LogP contribution >= 0.6 is 11.3 Å². The first-order valence-electron chi connectivity index (χ1n) is 6.09. The van der Waals surface area contributed by atoms with Crippen molar-refractivity contribution < 1.29 is 14.6 Å². The van der Waals surface area contributed by atoms with Crippen LogP contribution < -0.4 is 4.74 Å². The number of rotatable bonds is 3. The normalized spacial score (nSPS) is 10.7. The zero-order valence-electron chi connectivity index (χ0n) is 10.8. The predicted molar refractivity (Wildman–Crippen MR) is 80.8 cm³/mol. The molecule has 0 aliphatic rings. The lowest BCUT2D eigenvalue weighted by atomic mass is 10.0. The number of fused-ring (bicyclic) bond motifs is 1. The number of carbonyl (C=O) groups is 1. The monoisotopic (exact) mass is 284 g/mol. The van der Waals surface area contributed by atoms with Crippen molar-refractivity contribution in [3.8, 4) is 16.9 Å². The van der Waals surface area contributed by atoms with Crippen molar-refractivity contribution in [1.29, 1.82) is 0 Å². The van der Waals surface area contributed by atoms with Gasteiger partial charge in [-0.15, -0.1) is 11.3 Å². The highest BCUT2D eigenvalue weighted by Crippen LogP contribution is 2.30. The Morgan fingerprint density at radius 2 is 1.75 bits per heavy atom. The molecule has 0 unspecified atom stereocenters. The van der Waals surface area contributed by atoms with Crippen LogP contribution in [0.25, 0.3) is 21.2 Å². The molecule has 3 rings (SSSR count). The lowest BCUT2D eigenvalue weighted by molar-refractivity contribution is 0.0702. The Kier molecular flexibility index (Phi) is 3.16. The third-order valence-electron chi connectivity index (χ3n) is 3.15. The second-order valence-corrected chi connectivity index (χ2v) is 5.48. The molecule has 100 valence electrons. The van der Waals surface area contributed by atoms with Crippen LogP contribution in [0, 0.1) is 0 Å². The lowest BCUT2D eigenvalue weighted by Gasteiger charge is -2.04. The minimum absolute atomic E-state index is 0.367. The van der Waals surface area contributed by atoms with Crippen LogP contribution in [-0.4, -0.2) is 18.2 Å². The minimum atomic E-state index is -0.878. The van der Waals surface area contributed by atoms with Gasteiger partial charge in [0.15, 0.2) is 0 Å². The summed E-state index contributed by atoms with van der Waals surface area (Å²) < 4.78 is 6.13. The Balaban J connectivity index is 2.04. The van der Waals surface area contributed by atoms with Gasteiger partial charge in [0, 0.05) is 4.70 Å². The number of methoxy groups -OCH3 is 1. The van der Waals surface area contributed by atoms with E-state index in [1.807, 2.05) is 42.5 Å². The van der Waals surface area contributed by atoms with Gasteiger partial charge in [-0.1, -0.05) is 18.2 Å². The molecule has 20 heavy (non-hydrogen) atoms. The van der Waals surface area contributed by atoms with Gasteiger partial charge < -0.3 is 9.84 Å². The molecule has 1 N–H and O–H groups in total. The first-order chi connectivity index (χ1) is 9.67. The lowest BCUT2D eigenvalue weighted by Crippen LogP contribution is -1.89. The van der Waals surface area contributed by atoms with Gasteiger partial charge in [0.25, 0.3) is 0 Å². The van der Waals surface area contributed by atoms with Crippen molar-refractivity contribution in [2.24, 2.45) is 0 Å². The maximum absolute atomic E-state index is 11.0. The zero-order chi connectivity index (χ0) is 14.1. The van der Waals surface area contributed by atoms with Gasteiger partial charge in [-0.3, -0.25) is 0 Å². The van der Waals surface area contributed by atoms with E-state index >= 15 is 0 Å². The van der Waals surface area contributed by atoms with Crippen molar-refractivity contribution in [2.75, 3.05) is 7.11 Å². The first-order valence-corrected chi connectivity index (χ1v) is 6.90. The molecule has 1 aromatic heterocycles. The van der Waals surface area contributed by atoms with E-state index in [1.165, 1.54) is 11.3 Å². The summed E-state index contributed by atoms with van der Waals surface area (Å²) in [6, 6.07) is 15.5. The molecule has 0 bridgehead atoms. The molecule has 3 nitrogen and oxygen atoms in total. The molecule has 0 aliphatic carbocycles. The second-order valence-electron chi connectivity index (χ2n) is 4.40. The number of carboxylic acid groups (broad SMARTS) is 1. The van der Waals surface area contributed by atoms with E-state index in [2.05, 4.69) is 0 Å². The SMILES string of the molecule is COc1ccc(-c2ccc3sc(C(=O)O)cc3c2)cc1. The molecule has 4 heteroatoms. The minimum Gasteiger partial charge on any atom is -0.497 e. The van der Waals surface area contributed by atoms with Gasteiger partial charge in [0.1, 0.15) is 10.6 Å². The Hall–Kier alpha value is -2.33. The number of ether oxygens (including phenoxy) is 1. The van der Waals surface area contributed by atoms with Crippen LogP contribution in [0.15, 0.2) is 48.5 Å². The first kappa shape index (κ1) is 12.7. The molecule has 0 amide bonds. The smallest absolute Gasteiger partial charge is 0.345 e. The number of benzene rings is 2. The van der Waals surface area contributed by atoms with E-state index in [0.717, 1.165) is 27.0 Å². The fraction of sp³-hybridized carbons (Fsp3) is 0.0625. The molecule has 0 fully saturated rings. The molecular weight excluding hydrogens is 272 g/mol. The topological polar surface area (TPSA) is 46.5 Å². The summed E-state index contributed by atoms with van der Waals surface area (Å²) >= 11 is 1.30. The summed E-state index contributed by atoms with van der Waals surface area (Å²) in [7, 11) is 1.64. The van der Waals surface area contributed by atoms with Crippen LogP contribution in [0.1, 0.15) is 9.67 Å². The van der Waals surface area contributed by atoms with E-state index in [0.29, 0.717) is 4.88 Å². The average Bonchev–Trinajstić information content (AvgIpc) is 2.90.